The third kappa shape index (κ3) is 2.66. The molecule has 0 saturated heterocycles. The highest BCUT2D eigenvalue weighted by atomic mass is 16.5. The number of ether oxygens (including phenoxy) is 1. The van der Waals surface area contributed by atoms with Crippen molar-refractivity contribution in [2.75, 3.05) is 7.11 Å². The normalized spacial score (nSPS) is 10.5. The van der Waals surface area contributed by atoms with Gasteiger partial charge in [-0.2, -0.15) is 5.10 Å². The molecule has 3 rings (SSSR count). The molecular weight excluding hydrogens is 294 g/mol. The first-order chi connectivity index (χ1) is 11.1. The first-order valence-electron chi connectivity index (χ1n) is 7.00. The number of carboxylic acid groups (broad SMARTS) is 1. The number of aryl methyl sites for hydroxylation is 1. The fourth-order valence-corrected chi connectivity index (χ4v) is 2.44. The molecule has 0 aliphatic rings. The Morgan fingerprint density at radius 3 is 2.48 bits per heavy atom. The molecule has 0 atom stereocenters. The molecular formula is C17H15N3O3. The van der Waals surface area contributed by atoms with Gasteiger partial charge in [-0.3, -0.25) is 0 Å². The van der Waals surface area contributed by atoms with Gasteiger partial charge < -0.3 is 9.84 Å². The van der Waals surface area contributed by atoms with Gasteiger partial charge in [-0.25, -0.2) is 14.5 Å². The van der Waals surface area contributed by atoms with Crippen molar-refractivity contribution in [1.82, 2.24) is 14.8 Å². The zero-order valence-corrected chi connectivity index (χ0v) is 12.7. The van der Waals surface area contributed by atoms with Gasteiger partial charge >= 0.3 is 5.97 Å². The van der Waals surface area contributed by atoms with Crippen LogP contribution in [0.5, 0.6) is 5.75 Å². The summed E-state index contributed by atoms with van der Waals surface area (Å²) in [5.74, 6) is 0.246. The van der Waals surface area contributed by atoms with Crippen LogP contribution < -0.4 is 4.74 Å². The lowest BCUT2D eigenvalue weighted by molar-refractivity contribution is 0.0697. The Morgan fingerprint density at radius 2 is 1.91 bits per heavy atom. The van der Waals surface area contributed by atoms with Gasteiger partial charge in [0.15, 0.2) is 5.82 Å². The van der Waals surface area contributed by atoms with Crippen molar-refractivity contribution in [3.63, 3.8) is 0 Å². The fraction of sp³-hybridized carbons (Fsp3) is 0.118. The van der Waals surface area contributed by atoms with E-state index in [-0.39, 0.29) is 5.56 Å². The number of benzene rings is 1. The molecule has 2 aromatic heterocycles. The molecule has 3 aromatic rings. The van der Waals surface area contributed by atoms with Crippen LogP contribution in [0.1, 0.15) is 16.1 Å². The van der Waals surface area contributed by atoms with Crippen LogP contribution in [0.25, 0.3) is 17.1 Å². The van der Waals surface area contributed by atoms with Crippen LogP contribution in [0, 0.1) is 6.92 Å². The summed E-state index contributed by atoms with van der Waals surface area (Å²) in [5.41, 5.74) is 1.83. The summed E-state index contributed by atoms with van der Waals surface area (Å²) >= 11 is 0. The molecule has 1 aromatic carbocycles. The third-order valence-corrected chi connectivity index (χ3v) is 3.50. The molecule has 2 heterocycles. The minimum absolute atomic E-state index is 0.167. The Morgan fingerprint density at radius 1 is 1.17 bits per heavy atom. The minimum Gasteiger partial charge on any atom is -0.497 e. The van der Waals surface area contributed by atoms with Gasteiger partial charge in [0.2, 0.25) is 0 Å². The second-order valence-electron chi connectivity index (χ2n) is 4.94. The summed E-state index contributed by atoms with van der Waals surface area (Å²) in [6.07, 6.45) is 1.64. The number of aromatic nitrogens is 3. The first kappa shape index (κ1) is 14.8. The fourth-order valence-electron chi connectivity index (χ4n) is 2.44. The number of methoxy groups -OCH3 is 1. The Hall–Kier alpha value is -3.15. The second kappa shape index (κ2) is 5.92. The molecule has 0 amide bonds. The Kier molecular flexibility index (Phi) is 3.80. The van der Waals surface area contributed by atoms with E-state index in [2.05, 4.69) is 10.1 Å². The van der Waals surface area contributed by atoms with E-state index < -0.39 is 5.97 Å². The van der Waals surface area contributed by atoms with E-state index in [9.17, 15) is 9.90 Å². The van der Waals surface area contributed by atoms with Gasteiger partial charge in [0, 0.05) is 11.8 Å². The van der Waals surface area contributed by atoms with Crippen molar-refractivity contribution in [1.29, 1.82) is 0 Å². The van der Waals surface area contributed by atoms with Gasteiger partial charge in [0.1, 0.15) is 11.3 Å². The van der Waals surface area contributed by atoms with Crippen LogP contribution in [0.4, 0.5) is 0 Å². The van der Waals surface area contributed by atoms with Crippen LogP contribution in [0.15, 0.2) is 48.7 Å². The topological polar surface area (TPSA) is 77.2 Å². The van der Waals surface area contributed by atoms with Crippen molar-refractivity contribution in [3.8, 4) is 22.8 Å². The summed E-state index contributed by atoms with van der Waals surface area (Å²) < 4.78 is 6.71. The number of pyridine rings is 1. The molecule has 6 heteroatoms. The molecule has 0 fully saturated rings. The number of hydrogen-bond acceptors (Lipinski definition) is 4. The zero-order chi connectivity index (χ0) is 16.4. The van der Waals surface area contributed by atoms with Crippen molar-refractivity contribution >= 4 is 5.97 Å². The van der Waals surface area contributed by atoms with Crippen LogP contribution in [-0.4, -0.2) is 33.0 Å². The summed E-state index contributed by atoms with van der Waals surface area (Å²) in [7, 11) is 1.58. The number of nitrogens with zero attached hydrogens (tertiary/aromatic N) is 3. The number of carbonyl (C=O) groups is 1. The summed E-state index contributed by atoms with van der Waals surface area (Å²) in [6, 6.07) is 12.6. The maximum Gasteiger partial charge on any atom is 0.339 e. The highest BCUT2D eigenvalue weighted by Crippen LogP contribution is 2.29. The summed E-state index contributed by atoms with van der Waals surface area (Å²) in [6.45, 7) is 1.68. The summed E-state index contributed by atoms with van der Waals surface area (Å²) in [4.78, 5) is 16.0. The molecule has 0 unspecified atom stereocenters. The van der Waals surface area contributed by atoms with Crippen LogP contribution in [0.3, 0.4) is 0 Å². The number of carboxylic acids is 1. The van der Waals surface area contributed by atoms with Crippen LogP contribution in [0.2, 0.25) is 0 Å². The molecule has 0 saturated carbocycles. The van der Waals surface area contributed by atoms with Crippen molar-refractivity contribution in [2.24, 2.45) is 0 Å². The van der Waals surface area contributed by atoms with E-state index in [0.29, 0.717) is 23.0 Å². The Bertz CT molecular complexity index is 840. The zero-order valence-electron chi connectivity index (χ0n) is 12.7. The molecule has 0 radical (unpaired) electrons. The molecule has 116 valence electrons. The average molecular weight is 309 g/mol. The van der Waals surface area contributed by atoms with Crippen LogP contribution >= 0.6 is 0 Å². The Labute approximate surface area is 133 Å². The van der Waals surface area contributed by atoms with E-state index in [1.807, 2.05) is 6.07 Å². The lowest BCUT2D eigenvalue weighted by Crippen LogP contribution is -2.04. The maximum atomic E-state index is 11.7. The minimum atomic E-state index is -1.02. The van der Waals surface area contributed by atoms with Gasteiger partial charge in [-0.15, -0.1) is 0 Å². The summed E-state index contributed by atoms with van der Waals surface area (Å²) in [5, 5.41) is 13.9. The van der Waals surface area contributed by atoms with Crippen molar-refractivity contribution in [3.05, 3.63) is 59.9 Å². The monoisotopic (exact) mass is 309 g/mol. The molecule has 0 aliphatic heterocycles. The van der Waals surface area contributed by atoms with Crippen LogP contribution in [-0.2, 0) is 0 Å². The quantitative estimate of drug-likeness (QED) is 0.801. The predicted octanol–water partition coefficient (Wildman–Crippen LogP) is 2.95. The van der Waals surface area contributed by atoms with Gasteiger partial charge in [0.05, 0.1) is 18.5 Å². The highest BCUT2D eigenvalue weighted by molar-refractivity contribution is 5.96. The van der Waals surface area contributed by atoms with E-state index >= 15 is 0 Å². The van der Waals surface area contributed by atoms with Gasteiger partial charge in [0.25, 0.3) is 0 Å². The SMILES string of the molecule is COc1ccc(-c2c(C(=O)O)c(C)nn2-c2ccccn2)cc1. The van der Waals surface area contributed by atoms with Crippen molar-refractivity contribution < 1.29 is 14.6 Å². The lowest BCUT2D eigenvalue weighted by Gasteiger charge is -2.08. The third-order valence-electron chi connectivity index (χ3n) is 3.50. The molecule has 1 N–H and O–H groups in total. The molecule has 6 nitrogen and oxygen atoms in total. The standard InChI is InChI=1S/C17H15N3O3/c1-11-15(17(21)22)16(12-6-8-13(23-2)9-7-12)20(19-11)14-5-3-4-10-18-14/h3-10H,1-2H3,(H,21,22). The predicted molar refractivity (Wildman–Crippen MR) is 85.0 cm³/mol. The van der Waals surface area contributed by atoms with Gasteiger partial charge in [-0.1, -0.05) is 6.07 Å². The second-order valence-corrected chi connectivity index (χ2v) is 4.94. The Balaban J connectivity index is 2.25. The van der Waals surface area contributed by atoms with Gasteiger partial charge in [-0.05, 0) is 43.3 Å². The lowest BCUT2D eigenvalue weighted by atomic mass is 10.1. The first-order valence-corrected chi connectivity index (χ1v) is 7.00. The smallest absolute Gasteiger partial charge is 0.339 e. The van der Waals surface area contributed by atoms with E-state index in [0.717, 1.165) is 5.56 Å². The largest absolute Gasteiger partial charge is 0.497 e. The highest BCUT2D eigenvalue weighted by Gasteiger charge is 2.23. The molecule has 0 aliphatic carbocycles. The molecule has 0 bridgehead atoms. The maximum absolute atomic E-state index is 11.7. The molecule has 0 spiro atoms. The number of rotatable bonds is 4. The number of aromatic carboxylic acids is 1. The van der Waals surface area contributed by atoms with E-state index in [1.54, 1.807) is 61.3 Å². The van der Waals surface area contributed by atoms with Crippen molar-refractivity contribution in [2.45, 2.75) is 6.92 Å². The van der Waals surface area contributed by atoms with E-state index in [1.165, 1.54) is 0 Å². The number of hydrogen-bond donors (Lipinski definition) is 1. The average Bonchev–Trinajstić information content (AvgIpc) is 2.93. The van der Waals surface area contributed by atoms with E-state index in [4.69, 9.17) is 4.74 Å². The molecule has 23 heavy (non-hydrogen) atoms.